The minimum absolute atomic E-state index is 0.441. The summed E-state index contributed by atoms with van der Waals surface area (Å²) in [5.74, 6) is -0.472. The van der Waals surface area contributed by atoms with Gasteiger partial charge in [-0.05, 0) is 51.1 Å². The number of hydrogen-bond donors (Lipinski definition) is 2. The van der Waals surface area contributed by atoms with Crippen LogP contribution in [0.25, 0.3) is 0 Å². The Morgan fingerprint density at radius 3 is 2.74 bits per heavy atom. The highest BCUT2D eigenvalue weighted by molar-refractivity contribution is 9.11. The molecule has 1 heterocycles. The Morgan fingerprint density at radius 2 is 2.16 bits per heavy atom. The van der Waals surface area contributed by atoms with Gasteiger partial charge < -0.3 is 16.4 Å². The molecule has 0 spiro atoms. The number of benzene rings is 1. The third-order valence-electron chi connectivity index (χ3n) is 2.74. The van der Waals surface area contributed by atoms with Crippen molar-refractivity contribution >= 4 is 44.5 Å². The molecule has 1 amide bonds. The summed E-state index contributed by atoms with van der Waals surface area (Å²) in [5.41, 5.74) is 14.0. The van der Waals surface area contributed by atoms with E-state index in [-0.39, 0.29) is 0 Å². The maximum Gasteiger partial charge on any atom is 0.250 e. The highest BCUT2D eigenvalue weighted by Gasteiger charge is 2.13. The molecule has 1 aromatic carbocycles. The van der Waals surface area contributed by atoms with Crippen molar-refractivity contribution in [3.8, 4) is 0 Å². The van der Waals surface area contributed by atoms with Crippen LogP contribution in [-0.2, 0) is 6.54 Å². The molecule has 0 aliphatic heterocycles. The third kappa shape index (κ3) is 3.27. The number of halogens is 1. The fourth-order valence-corrected chi connectivity index (χ4v) is 3.07. The first-order chi connectivity index (χ1) is 8.97. The second kappa shape index (κ2) is 5.63. The van der Waals surface area contributed by atoms with Gasteiger partial charge in [0.1, 0.15) is 0 Å². The van der Waals surface area contributed by atoms with Gasteiger partial charge in [-0.2, -0.15) is 0 Å². The molecule has 0 unspecified atom stereocenters. The first-order valence-electron chi connectivity index (χ1n) is 5.60. The largest absolute Gasteiger partial charge is 0.399 e. The Bertz CT molecular complexity index is 612. The summed E-state index contributed by atoms with van der Waals surface area (Å²) in [6.45, 7) is 0.701. The van der Waals surface area contributed by atoms with E-state index in [0.29, 0.717) is 17.8 Å². The smallest absolute Gasteiger partial charge is 0.250 e. The van der Waals surface area contributed by atoms with Crippen LogP contribution in [0.3, 0.4) is 0 Å². The van der Waals surface area contributed by atoms with Gasteiger partial charge in [-0.25, -0.2) is 0 Å². The molecule has 4 nitrogen and oxygen atoms in total. The topological polar surface area (TPSA) is 72.3 Å². The van der Waals surface area contributed by atoms with Gasteiger partial charge in [-0.3, -0.25) is 4.79 Å². The van der Waals surface area contributed by atoms with Crippen molar-refractivity contribution in [1.29, 1.82) is 0 Å². The lowest BCUT2D eigenvalue weighted by Crippen LogP contribution is -2.22. The summed E-state index contributed by atoms with van der Waals surface area (Å²) in [5, 5.41) is 2.07. The molecule has 0 bridgehead atoms. The zero-order chi connectivity index (χ0) is 14.0. The first-order valence-corrected chi connectivity index (χ1v) is 7.28. The highest BCUT2D eigenvalue weighted by atomic mass is 79.9. The molecule has 100 valence electrons. The number of carbonyl (C=O) groups is 1. The molecule has 0 atom stereocenters. The average Bonchev–Trinajstić information content (AvgIpc) is 2.74. The second-order valence-electron chi connectivity index (χ2n) is 4.26. The Kier molecular flexibility index (Phi) is 4.11. The predicted molar refractivity (Wildman–Crippen MR) is 83.5 cm³/mol. The lowest BCUT2D eigenvalue weighted by atomic mass is 10.1. The van der Waals surface area contributed by atoms with Crippen LogP contribution in [0.1, 0.15) is 15.9 Å². The number of carbonyl (C=O) groups excluding carboxylic acids is 1. The van der Waals surface area contributed by atoms with Gasteiger partial charge in [0.05, 0.1) is 9.35 Å². The van der Waals surface area contributed by atoms with Gasteiger partial charge in [0, 0.05) is 25.0 Å². The van der Waals surface area contributed by atoms with E-state index in [9.17, 15) is 4.79 Å². The Hall–Kier alpha value is -1.53. The van der Waals surface area contributed by atoms with Crippen LogP contribution >= 0.6 is 27.3 Å². The molecule has 0 fully saturated rings. The summed E-state index contributed by atoms with van der Waals surface area (Å²) >= 11 is 5.07. The van der Waals surface area contributed by atoms with Crippen LogP contribution in [0.15, 0.2) is 33.4 Å². The van der Waals surface area contributed by atoms with Crippen molar-refractivity contribution in [2.24, 2.45) is 5.73 Å². The van der Waals surface area contributed by atoms with E-state index < -0.39 is 5.91 Å². The predicted octanol–water partition coefficient (Wildman–Crippen LogP) is 2.83. The summed E-state index contributed by atoms with van der Waals surface area (Å²) < 4.78 is 1.09. The van der Waals surface area contributed by atoms with Crippen LogP contribution in [0.2, 0.25) is 0 Å². The fourth-order valence-electron chi connectivity index (χ4n) is 1.87. The number of anilines is 2. The molecule has 19 heavy (non-hydrogen) atoms. The number of rotatable bonds is 4. The van der Waals surface area contributed by atoms with Gasteiger partial charge in [-0.15, -0.1) is 11.3 Å². The average molecular weight is 340 g/mol. The van der Waals surface area contributed by atoms with Crippen LogP contribution < -0.4 is 16.4 Å². The molecule has 0 aliphatic carbocycles. The second-order valence-corrected chi connectivity index (χ2v) is 6.55. The van der Waals surface area contributed by atoms with Gasteiger partial charge in [0.15, 0.2) is 0 Å². The van der Waals surface area contributed by atoms with E-state index in [1.54, 1.807) is 23.5 Å². The van der Waals surface area contributed by atoms with Crippen molar-refractivity contribution in [1.82, 2.24) is 0 Å². The minimum Gasteiger partial charge on any atom is -0.399 e. The van der Waals surface area contributed by atoms with Crippen LogP contribution in [0.4, 0.5) is 11.4 Å². The van der Waals surface area contributed by atoms with Crippen molar-refractivity contribution in [3.05, 3.63) is 44.6 Å². The minimum atomic E-state index is -0.472. The van der Waals surface area contributed by atoms with Crippen molar-refractivity contribution < 1.29 is 4.79 Å². The number of primary amides is 1. The van der Waals surface area contributed by atoms with Gasteiger partial charge in [0.2, 0.25) is 0 Å². The normalized spacial score (nSPS) is 10.4. The fraction of sp³-hybridized carbons (Fsp3) is 0.154. The summed E-state index contributed by atoms with van der Waals surface area (Å²) in [4.78, 5) is 13.4. The standard InChI is InChI=1S/C13H14BrN3OS/c1-17(6-8-4-12(14)19-7-8)11-3-2-9(15)5-10(11)13(16)18/h2-5,7H,6,15H2,1H3,(H2,16,18). The molecule has 2 aromatic rings. The molecule has 0 radical (unpaired) electrons. The Morgan fingerprint density at radius 1 is 1.42 bits per heavy atom. The van der Waals surface area contributed by atoms with Gasteiger partial charge in [0.25, 0.3) is 5.91 Å². The summed E-state index contributed by atoms with van der Waals surface area (Å²) in [6, 6.07) is 7.25. The van der Waals surface area contributed by atoms with Crippen LogP contribution in [0, 0.1) is 0 Å². The molecule has 0 aliphatic rings. The number of thiophene rings is 1. The van der Waals surface area contributed by atoms with Crippen LogP contribution in [0.5, 0.6) is 0 Å². The number of nitrogens with two attached hydrogens (primary N) is 2. The first kappa shape index (κ1) is 13.9. The molecule has 0 saturated carbocycles. The van der Waals surface area contributed by atoms with E-state index in [0.717, 1.165) is 9.47 Å². The summed E-state index contributed by atoms with van der Waals surface area (Å²) in [7, 11) is 1.92. The monoisotopic (exact) mass is 339 g/mol. The van der Waals surface area contributed by atoms with Crippen LogP contribution in [-0.4, -0.2) is 13.0 Å². The molecule has 1 aromatic heterocycles. The van der Waals surface area contributed by atoms with E-state index in [4.69, 9.17) is 11.5 Å². The number of amides is 1. The van der Waals surface area contributed by atoms with Crippen molar-refractivity contribution in [2.45, 2.75) is 6.54 Å². The molecule has 4 N–H and O–H groups in total. The third-order valence-corrected chi connectivity index (χ3v) is 4.29. The van der Waals surface area contributed by atoms with Gasteiger partial charge >= 0.3 is 0 Å². The van der Waals surface area contributed by atoms with E-state index in [1.165, 1.54) is 5.56 Å². The molecule has 0 saturated heterocycles. The maximum atomic E-state index is 11.5. The van der Waals surface area contributed by atoms with E-state index in [1.807, 2.05) is 18.0 Å². The van der Waals surface area contributed by atoms with Crippen molar-refractivity contribution in [3.63, 3.8) is 0 Å². The molecular formula is C13H14BrN3OS. The molecule has 6 heteroatoms. The SMILES string of the molecule is CN(Cc1csc(Br)c1)c1ccc(N)cc1C(N)=O. The zero-order valence-corrected chi connectivity index (χ0v) is 12.8. The quantitative estimate of drug-likeness (QED) is 0.841. The number of nitrogens with zero attached hydrogens (tertiary/aromatic N) is 1. The van der Waals surface area contributed by atoms with Gasteiger partial charge in [-0.1, -0.05) is 0 Å². The lowest BCUT2D eigenvalue weighted by Gasteiger charge is -2.21. The lowest BCUT2D eigenvalue weighted by molar-refractivity contribution is 0.100. The Balaban J connectivity index is 2.28. The zero-order valence-electron chi connectivity index (χ0n) is 10.4. The van der Waals surface area contributed by atoms with E-state index in [2.05, 4.69) is 27.4 Å². The molecule has 2 rings (SSSR count). The van der Waals surface area contributed by atoms with Crippen molar-refractivity contribution in [2.75, 3.05) is 17.7 Å². The molecular weight excluding hydrogens is 326 g/mol. The number of nitrogen functional groups attached to an aromatic ring is 1. The number of hydrogen-bond acceptors (Lipinski definition) is 4. The van der Waals surface area contributed by atoms with E-state index >= 15 is 0 Å². The maximum absolute atomic E-state index is 11.5. The summed E-state index contributed by atoms with van der Waals surface area (Å²) in [6.07, 6.45) is 0. The Labute approximate surface area is 124 Å². The highest BCUT2D eigenvalue weighted by Crippen LogP contribution is 2.26.